The Kier molecular flexibility index (Phi) is 4.57. The molecule has 0 spiro atoms. The van der Waals surface area contributed by atoms with E-state index in [1.54, 1.807) is 18.3 Å². The summed E-state index contributed by atoms with van der Waals surface area (Å²) in [6, 6.07) is 7.06. The van der Waals surface area contributed by atoms with Crippen LogP contribution in [0.2, 0.25) is 0 Å². The topological polar surface area (TPSA) is 64.0 Å². The first-order valence-electron chi connectivity index (χ1n) is 6.51. The maximum absolute atomic E-state index is 12.1. The minimum Gasteiger partial charge on any atom is -0.354 e. The monoisotopic (exact) mass is 293 g/mol. The van der Waals surface area contributed by atoms with E-state index < -0.39 is 10.0 Å². The van der Waals surface area contributed by atoms with E-state index in [1.165, 1.54) is 11.9 Å². The third-order valence-corrected chi connectivity index (χ3v) is 4.76. The van der Waals surface area contributed by atoms with Crippen molar-refractivity contribution in [3.05, 3.63) is 48.5 Å². The van der Waals surface area contributed by atoms with Crippen LogP contribution in [0, 0.1) is 0 Å². The number of nitrogens with zero attached hydrogens (tertiary/aromatic N) is 2. The summed E-state index contributed by atoms with van der Waals surface area (Å²) in [6.07, 6.45) is 6.47. The molecule has 1 N–H and O–H groups in total. The summed E-state index contributed by atoms with van der Waals surface area (Å²) in [6.45, 7) is 1.87. The maximum Gasteiger partial charge on any atom is 0.242 e. The van der Waals surface area contributed by atoms with Gasteiger partial charge in [0.25, 0.3) is 0 Å². The Labute approximate surface area is 119 Å². The molecule has 0 aromatic carbocycles. The second kappa shape index (κ2) is 6.19. The lowest BCUT2D eigenvalue weighted by molar-refractivity contribution is 0.543. The Morgan fingerprint density at radius 1 is 1.35 bits per heavy atom. The van der Waals surface area contributed by atoms with Gasteiger partial charge in [0.2, 0.25) is 10.0 Å². The van der Waals surface area contributed by atoms with E-state index in [0.717, 1.165) is 12.8 Å². The summed E-state index contributed by atoms with van der Waals surface area (Å²) in [5, 5.41) is 0. The number of hydrogen-bond donors (Lipinski definition) is 1. The summed E-state index contributed by atoms with van der Waals surface area (Å²) in [5.41, 5.74) is 1.19. The predicted octanol–water partition coefficient (Wildman–Crippen LogP) is 1.72. The molecule has 0 fully saturated rings. The first-order valence-corrected chi connectivity index (χ1v) is 8.00. The predicted molar refractivity (Wildman–Crippen MR) is 77.8 cm³/mol. The Bertz CT molecular complexity index is 650. The second-order valence-corrected chi connectivity index (χ2v) is 6.57. The zero-order valence-electron chi connectivity index (χ0n) is 11.7. The Hall–Kier alpha value is -1.66. The van der Waals surface area contributed by atoms with Crippen LogP contribution in [0.15, 0.2) is 47.8 Å². The van der Waals surface area contributed by atoms with Gasteiger partial charge in [0.05, 0.1) is 0 Å². The Morgan fingerprint density at radius 2 is 2.15 bits per heavy atom. The van der Waals surface area contributed by atoms with E-state index in [-0.39, 0.29) is 10.9 Å². The summed E-state index contributed by atoms with van der Waals surface area (Å²) in [5.74, 6) is 0. The smallest absolute Gasteiger partial charge is 0.242 e. The summed E-state index contributed by atoms with van der Waals surface area (Å²) < 4.78 is 29.0. The van der Waals surface area contributed by atoms with Gasteiger partial charge in [-0.3, -0.25) is 4.98 Å². The van der Waals surface area contributed by atoms with Crippen LogP contribution >= 0.6 is 0 Å². The van der Waals surface area contributed by atoms with Gasteiger partial charge in [0.1, 0.15) is 4.90 Å². The van der Waals surface area contributed by atoms with Crippen molar-refractivity contribution in [1.29, 1.82) is 0 Å². The van der Waals surface area contributed by atoms with Crippen molar-refractivity contribution in [2.45, 2.75) is 30.7 Å². The van der Waals surface area contributed by atoms with Crippen LogP contribution in [-0.2, 0) is 23.5 Å². The van der Waals surface area contributed by atoms with Gasteiger partial charge < -0.3 is 4.57 Å². The van der Waals surface area contributed by atoms with Gasteiger partial charge >= 0.3 is 0 Å². The molecule has 0 saturated heterocycles. The van der Waals surface area contributed by atoms with Crippen molar-refractivity contribution in [2.24, 2.45) is 7.05 Å². The van der Waals surface area contributed by atoms with Gasteiger partial charge in [-0.2, -0.15) is 0 Å². The molecule has 6 heteroatoms. The highest BCUT2D eigenvalue weighted by Gasteiger charge is 2.17. The van der Waals surface area contributed by atoms with E-state index in [2.05, 4.69) is 9.71 Å². The highest BCUT2D eigenvalue weighted by Crippen LogP contribution is 2.10. The molecule has 2 heterocycles. The molecular weight excluding hydrogens is 274 g/mol. The van der Waals surface area contributed by atoms with Crippen LogP contribution < -0.4 is 4.72 Å². The molecule has 108 valence electrons. The average Bonchev–Trinajstić information content (AvgIpc) is 2.82. The molecule has 2 aromatic rings. The minimum absolute atomic E-state index is 0.130. The van der Waals surface area contributed by atoms with E-state index >= 15 is 0 Å². The van der Waals surface area contributed by atoms with Crippen molar-refractivity contribution in [3.63, 3.8) is 0 Å². The van der Waals surface area contributed by atoms with Crippen molar-refractivity contribution >= 4 is 10.0 Å². The van der Waals surface area contributed by atoms with Crippen molar-refractivity contribution < 1.29 is 8.42 Å². The number of sulfonamides is 1. The molecule has 0 unspecified atom stereocenters. The molecule has 20 heavy (non-hydrogen) atoms. The molecule has 0 saturated carbocycles. The maximum atomic E-state index is 12.1. The second-order valence-electron chi connectivity index (χ2n) is 4.86. The summed E-state index contributed by atoms with van der Waals surface area (Å²) in [7, 11) is -1.49. The molecule has 5 nitrogen and oxygen atoms in total. The minimum atomic E-state index is -3.48. The molecule has 0 amide bonds. The largest absolute Gasteiger partial charge is 0.354 e. The van der Waals surface area contributed by atoms with Gasteiger partial charge in [-0.05, 0) is 44.0 Å². The lowest BCUT2D eigenvalue weighted by Gasteiger charge is -2.14. The average molecular weight is 293 g/mol. The molecule has 2 rings (SSSR count). The Morgan fingerprint density at radius 3 is 2.75 bits per heavy atom. The number of aromatic nitrogens is 2. The number of nitrogens with one attached hydrogen (secondary N) is 1. The third-order valence-electron chi connectivity index (χ3n) is 3.19. The fourth-order valence-corrected chi connectivity index (χ4v) is 3.26. The van der Waals surface area contributed by atoms with Crippen LogP contribution in [0.3, 0.4) is 0 Å². The van der Waals surface area contributed by atoms with Crippen LogP contribution in [0.1, 0.15) is 19.0 Å². The number of pyridine rings is 1. The van der Waals surface area contributed by atoms with Crippen LogP contribution in [0.4, 0.5) is 0 Å². The molecule has 2 aromatic heterocycles. The third kappa shape index (κ3) is 3.68. The van der Waals surface area contributed by atoms with Gasteiger partial charge in [0.15, 0.2) is 0 Å². The molecule has 0 aliphatic carbocycles. The van der Waals surface area contributed by atoms with Gasteiger partial charge in [-0.1, -0.05) is 0 Å². The molecular formula is C14H19N3O2S. The van der Waals surface area contributed by atoms with Gasteiger partial charge in [-0.25, -0.2) is 13.1 Å². The van der Waals surface area contributed by atoms with Crippen molar-refractivity contribution in [3.8, 4) is 0 Å². The number of rotatable bonds is 6. The quantitative estimate of drug-likeness (QED) is 0.882. The highest BCUT2D eigenvalue weighted by atomic mass is 32.2. The molecule has 0 aliphatic rings. The van der Waals surface area contributed by atoms with Gasteiger partial charge in [0, 0.05) is 37.4 Å². The van der Waals surface area contributed by atoms with Crippen LogP contribution in [0.25, 0.3) is 0 Å². The summed E-state index contributed by atoms with van der Waals surface area (Å²) in [4.78, 5) is 4.03. The molecule has 1 atom stereocenters. The first-order chi connectivity index (χ1) is 9.49. The fraction of sp³-hybridized carbons (Fsp3) is 0.357. The van der Waals surface area contributed by atoms with E-state index in [9.17, 15) is 8.42 Å². The zero-order chi connectivity index (χ0) is 14.6. The van der Waals surface area contributed by atoms with Crippen molar-refractivity contribution in [2.75, 3.05) is 0 Å². The van der Waals surface area contributed by atoms with Crippen LogP contribution in [0.5, 0.6) is 0 Å². The number of hydrogen-bond acceptors (Lipinski definition) is 3. The Balaban J connectivity index is 1.94. The lowest BCUT2D eigenvalue weighted by atomic mass is 10.1. The number of aryl methyl sites for hydroxylation is 2. The van der Waals surface area contributed by atoms with Gasteiger partial charge in [-0.15, -0.1) is 0 Å². The fourth-order valence-electron chi connectivity index (χ4n) is 2.02. The normalized spacial score (nSPS) is 13.3. The first kappa shape index (κ1) is 14.7. The lowest BCUT2D eigenvalue weighted by Crippen LogP contribution is -2.33. The zero-order valence-corrected chi connectivity index (χ0v) is 12.5. The summed E-state index contributed by atoms with van der Waals surface area (Å²) >= 11 is 0. The van der Waals surface area contributed by atoms with Crippen molar-refractivity contribution in [1.82, 2.24) is 14.3 Å². The van der Waals surface area contributed by atoms with E-state index in [1.807, 2.05) is 36.9 Å². The molecule has 0 bridgehead atoms. The van der Waals surface area contributed by atoms with Crippen LogP contribution in [-0.4, -0.2) is 24.0 Å². The van der Waals surface area contributed by atoms with E-state index in [0.29, 0.717) is 0 Å². The molecule has 0 aliphatic heterocycles. The highest BCUT2D eigenvalue weighted by molar-refractivity contribution is 7.89. The SMILES string of the molecule is C[C@H](CCc1cccn1C)NS(=O)(=O)c1cccnc1. The standard InChI is InChI=1S/C14H19N3O2S/c1-12(7-8-13-5-4-10-17(13)2)16-20(18,19)14-6-3-9-15-11-14/h3-6,9-12,16H,7-8H2,1-2H3/t12-/m1/s1. The molecule has 0 radical (unpaired) electrons. The van der Waals surface area contributed by atoms with E-state index in [4.69, 9.17) is 0 Å².